The molecule has 0 aliphatic carbocycles. The second kappa shape index (κ2) is 3.71. The van der Waals surface area contributed by atoms with Crippen molar-refractivity contribution in [3.63, 3.8) is 0 Å². The van der Waals surface area contributed by atoms with Gasteiger partial charge in [-0.1, -0.05) is 0 Å². The van der Waals surface area contributed by atoms with Crippen LogP contribution in [0.2, 0.25) is 0 Å². The first-order valence-electron chi connectivity index (χ1n) is 4.00. The maximum Gasteiger partial charge on any atom is 0.185 e. The molecule has 0 aromatic carbocycles. The van der Waals surface area contributed by atoms with Crippen LogP contribution >= 0.6 is 11.8 Å². The Hall–Kier alpha value is -1.49. The summed E-state index contributed by atoms with van der Waals surface area (Å²) in [4.78, 5) is 14.5. The van der Waals surface area contributed by atoms with Crippen LogP contribution in [0.15, 0.2) is 39.2 Å². The number of aldehydes is 1. The van der Waals surface area contributed by atoms with E-state index in [1.54, 1.807) is 18.3 Å². The van der Waals surface area contributed by atoms with Gasteiger partial charge in [0.05, 0.1) is 0 Å². The van der Waals surface area contributed by atoms with Gasteiger partial charge in [0.2, 0.25) is 0 Å². The molecule has 0 amide bonds. The molecule has 0 atom stereocenters. The van der Waals surface area contributed by atoms with Gasteiger partial charge < -0.3 is 8.98 Å². The van der Waals surface area contributed by atoms with Crippen LogP contribution in [0.25, 0.3) is 0 Å². The third kappa shape index (κ3) is 1.72. The molecule has 0 spiro atoms. The zero-order valence-corrected chi connectivity index (χ0v) is 8.32. The highest BCUT2D eigenvalue weighted by molar-refractivity contribution is 7.99. The second-order valence-corrected chi connectivity index (χ2v) is 3.67. The molecule has 14 heavy (non-hydrogen) atoms. The van der Waals surface area contributed by atoms with Crippen molar-refractivity contribution >= 4 is 18.0 Å². The van der Waals surface area contributed by atoms with Crippen molar-refractivity contribution in [1.29, 1.82) is 0 Å². The van der Waals surface area contributed by atoms with Crippen LogP contribution in [0, 0.1) is 0 Å². The van der Waals surface area contributed by atoms with Crippen LogP contribution in [-0.4, -0.2) is 15.8 Å². The van der Waals surface area contributed by atoms with Gasteiger partial charge in [-0.25, -0.2) is 4.98 Å². The number of carbonyl (C=O) groups excluding carboxylic acids is 1. The fourth-order valence-corrected chi connectivity index (χ4v) is 1.77. The molecule has 0 aliphatic rings. The largest absolute Gasteiger partial charge is 0.447 e. The van der Waals surface area contributed by atoms with Crippen molar-refractivity contribution in [2.45, 2.75) is 10.2 Å². The molecule has 0 unspecified atom stereocenters. The minimum absolute atomic E-state index is 0.335. The Kier molecular flexibility index (Phi) is 2.41. The smallest absolute Gasteiger partial charge is 0.185 e. The standard InChI is InChI=1S/C9H8N2O2S/c1-11-5-4-10-9(11)14-8-3-2-7(6-12)13-8/h2-6H,1H3. The van der Waals surface area contributed by atoms with E-state index in [9.17, 15) is 4.79 Å². The predicted molar refractivity (Wildman–Crippen MR) is 51.4 cm³/mol. The monoisotopic (exact) mass is 208 g/mol. The van der Waals surface area contributed by atoms with Crippen LogP contribution in [-0.2, 0) is 7.05 Å². The van der Waals surface area contributed by atoms with Crippen LogP contribution in [0.3, 0.4) is 0 Å². The number of nitrogens with zero attached hydrogens (tertiary/aromatic N) is 2. The molecule has 0 N–H and O–H groups in total. The molecule has 2 rings (SSSR count). The average Bonchev–Trinajstić information content (AvgIpc) is 2.77. The molecule has 2 aromatic heterocycles. The number of carbonyl (C=O) groups is 1. The topological polar surface area (TPSA) is 48.0 Å². The lowest BCUT2D eigenvalue weighted by atomic mass is 10.5. The molecule has 5 heteroatoms. The minimum Gasteiger partial charge on any atom is -0.447 e. The molecule has 0 bridgehead atoms. The summed E-state index contributed by atoms with van der Waals surface area (Å²) in [5.41, 5.74) is 0. The molecule has 2 heterocycles. The Bertz CT molecular complexity index is 447. The zero-order chi connectivity index (χ0) is 9.97. The van der Waals surface area contributed by atoms with Crippen molar-refractivity contribution in [2.24, 2.45) is 7.05 Å². The van der Waals surface area contributed by atoms with Gasteiger partial charge in [-0.3, -0.25) is 4.79 Å². The van der Waals surface area contributed by atoms with E-state index in [2.05, 4.69) is 4.98 Å². The summed E-state index contributed by atoms with van der Waals surface area (Å²) in [6, 6.07) is 3.39. The summed E-state index contributed by atoms with van der Waals surface area (Å²) >= 11 is 1.38. The van der Waals surface area contributed by atoms with Gasteiger partial charge in [-0.15, -0.1) is 0 Å². The highest BCUT2D eigenvalue weighted by atomic mass is 32.2. The van der Waals surface area contributed by atoms with Crippen LogP contribution in [0.4, 0.5) is 0 Å². The highest BCUT2D eigenvalue weighted by Crippen LogP contribution is 2.26. The van der Waals surface area contributed by atoms with Crippen molar-refractivity contribution in [3.05, 3.63) is 30.3 Å². The van der Waals surface area contributed by atoms with E-state index in [0.29, 0.717) is 17.1 Å². The van der Waals surface area contributed by atoms with E-state index in [4.69, 9.17) is 4.42 Å². The Labute approximate surface area is 84.9 Å². The number of hydrogen-bond donors (Lipinski definition) is 0. The van der Waals surface area contributed by atoms with E-state index in [1.165, 1.54) is 11.8 Å². The van der Waals surface area contributed by atoms with Gasteiger partial charge >= 0.3 is 0 Å². The fourth-order valence-electron chi connectivity index (χ4n) is 0.993. The van der Waals surface area contributed by atoms with Gasteiger partial charge in [0.25, 0.3) is 0 Å². The van der Waals surface area contributed by atoms with Crippen LogP contribution in [0.5, 0.6) is 0 Å². The number of aromatic nitrogens is 2. The van der Waals surface area contributed by atoms with Gasteiger partial charge in [0.1, 0.15) is 0 Å². The van der Waals surface area contributed by atoms with Crippen molar-refractivity contribution in [2.75, 3.05) is 0 Å². The lowest BCUT2D eigenvalue weighted by molar-refractivity contribution is 0.109. The third-order valence-corrected chi connectivity index (χ3v) is 2.68. The van der Waals surface area contributed by atoms with Crippen molar-refractivity contribution < 1.29 is 9.21 Å². The molecular formula is C9H8N2O2S. The summed E-state index contributed by atoms with van der Waals surface area (Å²) in [5, 5.41) is 1.50. The quantitative estimate of drug-likeness (QED) is 0.723. The van der Waals surface area contributed by atoms with Crippen molar-refractivity contribution in [1.82, 2.24) is 9.55 Å². The van der Waals surface area contributed by atoms with E-state index in [-0.39, 0.29) is 0 Å². The Morgan fingerprint density at radius 2 is 2.43 bits per heavy atom. The average molecular weight is 208 g/mol. The van der Waals surface area contributed by atoms with E-state index < -0.39 is 0 Å². The van der Waals surface area contributed by atoms with Crippen LogP contribution in [0.1, 0.15) is 10.6 Å². The molecule has 72 valence electrons. The molecule has 0 fully saturated rings. The minimum atomic E-state index is 0.335. The Balaban J connectivity index is 2.18. The molecule has 4 nitrogen and oxygen atoms in total. The van der Waals surface area contributed by atoms with Gasteiger partial charge in [-0.05, 0) is 23.9 Å². The highest BCUT2D eigenvalue weighted by Gasteiger charge is 2.06. The van der Waals surface area contributed by atoms with Crippen molar-refractivity contribution in [3.8, 4) is 0 Å². The predicted octanol–water partition coefficient (Wildman–Crippen LogP) is 1.98. The molecular weight excluding hydrogens is 200 g/mol. The normalized spacial score (nSPS) is 10.4. The summed E-state index contributed by atoms with van der Waals surface area (Å²) in [6.45, 7) is 0. The first-order chi connectivity index (χ1) is 6.79. The zero-order valence-electron chi connectivity index (χ0n) is 7.51. The Morgan fingerprint density at radius 3 is 3.00 bits per heavy atom. The number of rotatable bonds is 3. The summed E-state index contributed by atoms with van der Waals surface area (Å²) < 4.78 is 7.09. The third-order valence-electron chi connectivity index (χ3n) is 1.69. The first kappa shape index (κ1) is 9.08. The lowest BCUT2D eigenvalue weighted by Gasteiger charge is -1.96. The maximum absolute atomic E-state index is 10.4. The Morgan fingerprint density at radius 1 is 1.57 bits per heavy atom. The maximum atomic E-state index is 10.4. The molecule has 0 saturated carbocycles. The molecule has 0 saturated heterocycles. The number of imidazole rings is 1. The van der Waals surface area contributed by atoms with Gasteiger partial charge in [0.15, 0.2) is 22.3 Å². The van der Waals surface area contributed by atoms with E-state index >= 15 is 0 Å². The SMILES string of the molecule is Cn1ccnc1Sc1ccc(C=O)o1. The van der Waals surface area contributed by atoms with E-state index in [1.807, 2.05) is 17.8 Å². The lowest BCUT2D eigenvalue weighted by Crippen LogP contribution is -1.87. The summed E-state index contributed by atoms with van der Waals surface area (Å²) in [5.74, 6) is 0.335. The molecule has 0 radical (unpaired) electrons. The molecule has 0 aliphatic heterocycles. The number of hydrogen-bond acceptors (Lipinski definition) is 4. The molecule has 2 aromatic rings. The second-order valence-electron chi connectivity index (χ2n) is 2.70. The van der Waals surface area contributed by atoms with Crippen LogP contribution < -0.4 is 0 Å². The van der Waals surface area contributed by atoms with Gasteiger partial charge in [-0.2, -0.15) is 0 Å². The summed E-state index contributed by atoms with van der Waals surface area (Å²) in [7, 11) is 1.90. The van der Waals surface area contributed by atoms with E-state index in [0.717, 1.165) is 5.16 Å². The first-order valence-corrected chi connectivity index (χ1v) is 4.81. The number of aryl methyl sites for hydroxylation is 1. The van der Waals surface area contributed by atoms with Gasteiger partial charge in [0, 0.05) is 19.4 Å². The number of furan rings is 1. The summed E-state index contributed by atoms with van der Waals surface area (Å²) in [6.07, 6.45) is 4.25. The fraction of sp³-hybridized carbons (Fsp3) is 0.111.